The predicted molar refractivity (Wildman–Crippen MR) is 96.7 cm³/mol. The fourth-order valence-electron chi connectivity index (χ4n) is 2.77. The number of benzene rings is 1. The van der Waals surface area contributed by atoms with E-state index in [4.69, 9.17) is 12.2 Å². The summed E-state index contributed by atoms with van der Waals surface area (Å²) < 4.78 is 4.42. The highest BCUT2D eigenvalue weighted by Gasteiger charge is 2.11. The largest absolute Gasteiger partial charge is 0.340 e. The molecule has 118 valence electrons. The van der Waals surface area contributed by atoms with Crippen LogP contribution in [0.1, 0.15) is 24.0 Å². The van der Waals surface area contributed by atoms with Crippen molar-refractivity contribution in [2.75, 3.05) is 0 Å². The van der Waals surface area contributed by atoms with E-state index in [0.717, 1.165) is 30.0 Å². The highest BCUT2D eigenvalue weighted by atomic mass is 32.1. The molecule has 5 nitrogen and oxygen atoms in total. The average molecular weight is 325 g/mol. The van der Waals surface area contributed by atoms with Crippen LogP contribution in [0, 0.1) is 11.7 Å². The summed E-state index contributed by atoms with van der Waals surface area (Å²) >= 11 is 5.24. The Morgan fingerprint density at radius 3 is 2.91 bits per heavy atom. The van der Waals surface area contributed by atoms with Gasteiger partial charge in [0.25, 0.3) is 0 Å². The van der Waals surface area contributed by atoms with Crippen LogP contribution < -0.4 is 0 Å². The highest BCUT2D eigenvalue weighted by molar-refractivity contribution is 7.71. The predicted octanol–water partition coefficient (Wildman–Crippen LogP) is 3.83. The third-order valence-electron chi connectivity index (χ3n) is 3.93. The van der Waals surface area contributed by atoms with Crippen LogP contribution >= 0.6 is 12.2 Å². The second-order valence-electron chi connectivity index (χ2n) is 5.27. The molecular weight excluding hydrogens is 306 g/mol. The lowest BCUT2D eigenvalue weighted by molar-refractivity contribution is 0.779. The van der Waals surface area contributed by atoms with Gasteiger partial charge in [-0.1, -0.05) is 31.2 Å². The van der Waals surface area contributed by atoms with E-state index in [2.05, 4.69) is 45.5 Å². The molecule has 0 fully saturated rings. The van der Waals surface area contributed by atoms with Gasteiger partial charge in [-0.2, -0.15) is 14.9 Å². The summed E-state index contributed by atoms with van der Waals surface area (Å²) in [5, 5.41) is 12.7. The van der Waals surface area contributed by atoms with Crippen molar-refractivity contribution in [3.05, 3.63) is 58.8 Å². The monoisotopic (exact) mass is 325 g/mol. The number of nitrogens with zero attached hydrogens (tertiary/aromatic N) is 4. The van der Waals surface area contributed by atoms with Crippen LogP contribution in [0.25, 0.3) is 10.9 Å². The number of hydrogen-bond acceptors (Lipinski definition) is 3. The van der Waals surface area contributed by atoms with Crippen molar-refractivity contribution < 1.29 is 0 Å². The van der Waals surface area contributed by atoms with Gasteiger partial charge in [-0.05, 0) is 25.2 Å². The van der Waals surface area contributed by atoms with Crippen LogP contribution in [-0.2, 0) is 13.0 Å². The van der Waals surface area contributed by atoms with Gasteiger partial charge in [0.1, 0.15) is 0 Å². The van der Waals surface area contributed by atoms with Gasteiger partial charge >= 0.3 is 0 Å². The molecule has 0 saturated carbocycles. The van der Waals surface area contributed by atoms with Crippen molar-refractivity contribution in [1.82, 2.24) is 19.4 Å². The molecule has 0 aliphatic rings. The number of rotatable bonds is 5. The summed E-state index contributed by atoms with van der Waals surface area (Å²) in [5.74, 6) is 0.818. The molecule has 0 aliphatic carbocycles. The standard InChI is InChI=1S/C17H19N5S/c1-4-10-21-12(3)14(13-8-6-7-9-15(13)21)11-18-22-16(5-2)19-20-17(22)23/h4,6-9,11H,1,5,10H2,2-3H3,(H,20,23)/b18-11-. The molecule has 2 aromatic heterocycles. The normalized spacial score (nSPS) is 11.6. The molecule has 0 atom stereocenters. The third-order valence-corrected chi connectivity index (χ3v) is 4.19. The van der Waals surface area contributed by atoms with Crippen molar-refractivity contribution >= 4 is 29.3 Å². The van der Waals surface area contributed by atoms with E-state index in [9.17, 15) is 0 Å². The minimum Gasteiger partial charge on any atom is -0.340 e. The Morgan fingerprint density at radius 2 is 2.17 bits per heavy atom. The first-order valence-electron chi connectivity index (χ1n) is 7.56. The lowest BCUT2D eigenvalue weighted by atomic mass is 10.1. The Kier molecular flexibility index (Phi) is 4.25. The van der Waals surface area contributed by atoms with E-state index in [0.29, 0.717) is 4.77 Å². The van der Waals surface area contributed by atoms with Gasteiger partial charge in [0.15, 0.2) is 5.82 Å². The molecular formula is C17H19N5S. The maximum absolute atomic E-state index is 5.24. The number of aryl methyl sites for hydroxylation is 1. The van der Waals surface area contributed by atoms with Crippen molar-refractivity contribution in [3.8, 4) is 0 Å². The van der Waals surface area contributed by atoms with Crippen LogP contribution in [-0.4, -0.2) is 25.7 Å². The van der Waals surface area contributed by atoms with Gasteiger partial charge in [0.2, 0.25) is 4.77 Å². The molecule has 1 aromatic carbocycles. The van der Waals surface area contributed by atoms with Crippen LogP contribution in [0.5, 0.6) is 0 Å². The molecule has 3 rings (SSSR count). The van der Waals surface area contributed by atoms with Crippen molar-refractivity contribution in [2.45, 2.75) is 26.8 Å². The van der Waals surface area contributed by atoms with Crippen molar-refractivity contribution in [2.24, 2.45) is 5.10 Å². The molecule has 1 N–H and O–H groups in total. The Morgan fingerprint density at radius 1 is 1.39 bits per heavy atom. The zero-order valence-electron chi connectivity index (χ0n) is 13.3. The topological polar surface area (TPSA) is 50.9 Å². The molecule has 0 spiro atoms. The van der Waals surface area contributed by atoms with Gasteiger partial charge < -0.3 is 4.57 Å². The molecule has 0 amide bonds. The molecule has 23 heavy (non-hydrogen) atoms. The highest BCUT2D eigenvalue weighted by Crippen LogP contribution is 2.24. The molecule has 3 aromatic rings. The zero-order chi connectivity index (χ0) is 16.4. The molecule has 2 heterocycles. The minimum absolute atomic E-state index is 0.505. The molecule has 0 unspecified atom stereocenters. The summed E-state index contributed by atoms with van der Waals surface area (Å²) in [6.45, 7) is 8.74. The number of nitrogens with one attached hydrogen (secondary N) is 1. The Balaban J connectivity index is 2.15. The Bertz CT molecular complexity index is 942. The first kappa shape index (κ1) is 15.4. The van der Waals surface area contributed by atoms with E-state index in [1.165, 1.54) is 10.9 Å². The minimum atomic E-state index is 0.505. The first-order valence-corrected chi connectivity index (χ1v) is 7.97. The lowest BCUT2D eigenvalue weighted by Gasteiger charge is -2.04. The number of H-pyrrole nitrogens is 1. The fraction of sp³-hybridized carbons (Fsp3) is 0.235. The second kappa shape index (κ2) is 6.34. The molecule has 0 aliphatic heterocycles. The van der Waals surface area contributed by atoms with E-state index in [1.807, 2.05) is 31.3 Å². The Labute approximate surface area is 140 Å². The Hall–Kier alpha value is -2.47. The summed E-state index contributed by atoms with van der Waals surface area (Å²) in [6.07, 6.45) is 4.53. The third kappa shape index (κ3) is 2.66. The second-order valence-corrected chi connectivity index (χ2v) is 5.66. The maximum atomic E-state index is 5.24. The number of allylic oxidation sites excluding steroid dienone is 1. The van der Waals surface area contributed by atoms with Crippen molar-refractivity contribution in [3.63, 3.8) is 0 Å². The lowest BCUT2D eigenvalue weighted by Crippen LogP contribution is -2.00. The molecule has 0 saturated heterocycles. The number of aromatic nitrogens is 4. The van der Waals surface area contributed by atoms with Gasteiger partial charge in [0, 0.05) is 35.1 Å². The fourth-order valence-corrected chi connectivity index (χ4v) is 2.97. The van der Waals surface area contributed by atoms with E-state index in [1.54, 1.807) is 4.68 Å². The molecule has 0 bridgehead atoms. The maximum Gasteiger partial charge on any atom is 0.216 e. The van der Waals surface area contributed by atoms with Gasteiger partial charge in [0.05, 0.1) is 6.21 Å². The smallest absolute Gasteiger partial charge is 0.216 e. The number of fused-ring (bicyclic) bond motifs is 1. The SMILES string of the molecule is C=CCn1c(C)c(/C=N\n2c(CC)n[nH]c2=S)c2ccccc21. The summed E-state index contributed by atoms with van der Waals surface area (Å²) in [6, 6.07) is 8.31. The molecule has 6 heteroatoms. The van der Waals surface area contributed by atoms with Crippen molar-refractivity contribution in [1.29, 1.82) is 0 Å². The van der Waals surface area contributed by atoms with Crippen LogP contribution in [0.4, 0.5) is 0 Å². The van der Waals surface area contributed by atoms with Gasteiger partial charge in [-0.3, -0.25) is 5.10 Å². The number of hydrogen-bond donors (Lipinski definition) is 1. The van der Waals surface area contributed by atoms with Crippen LogP contribution in [0.3, 0.4) is 0 Å². The number of aromatic amines is 1. The van der Waals surface area contributed by atoms with E-state index < -0.39 is 0 Å². The van der Waals surface area contributed by atoms with Gasteiger partial charge in [-0.15, -0.1) is 6.58 Å². The summed E-state index contributed by atoms with van der Waals surface area (Å²) in [7, 11) is 0. The average Bonchev–Trinajstić information content (AvgIpc) is 3.05. The van der Waals surface area contributed by atoms with E-state index >= 15 is 0 Å². The van der Waals surface area contributed by atoms with Crippen LogP contribution in [0.15, 0.2) is 42.0 Å². The van der Waals surface area contributed by atoms with Gasteiger partial charge in [-0.25, -0.2) is 0 Å². The molecule has 0 radical (unpaired) electrons. The zero-order valence-corrected chi connectivity index (χ0v) is 14.1. The van der Waals surface area contributed by atoms with E-state index in [-0.39, 0.29) is 0 Å². The quantitative estimate of drug-likeness (QED) is 0.440. The van der Waals surface area contributed by atoms with Crippen LogP contribution in [0.2, 0.25) is 0 Å². The summed E-state index contributed by atoms with van der Waals surface area (Å²) in [4.78, 5) is 0. The summed E-state index contributed by atoms with van der Waals surface area (Å²) in [5.41, 5.74) is 3.42. The number of para-hydroxylation sites is 1. The first-order chi connectivity index (χ1) is 11.2.